The van der Waals surface area contributed by atoms with Crippen LogP contribution in [0.25, 0.3) is 0 Å². The average molecular weight is 238 g/mol. The van der Waals surface area contributed by atoms with Crippen molar-refractivity contribution >= 4 is 5.91 Å². The Hall–Kier alpha value is -0.780. The molecular weight excluding hydrogens is 221 g/mol. The predicted octanol–water partition coefficient (Wildman–Crippen LogP) is 1.54. The monoisotopic (exact) mass is 238 g/mol. The maximum absolute atomic E-state index is 12.2. The Kier molecular flexibility index (Phi) is 4.18. The molecule has 0 heterocycles. The zero-order valence-corrected chi connectivity index (χ0v) is 9.47. The van der Waals surface area contributed by atoms with Gasteiger partial charge in [-0.3, -0.25) is 4.79 Å². The third-order valence-corrected chi connectivity index (χ3v) is 3.22. The second-order valence-electron chi connectivity index (χ2n) is 4.21. The summed E-state index contributed by atoms with van der Waals surface area (Å²) in [5.41, 5.74) is 0. The van der Waals surface area contributed by atoms with Gasteiger partial charge < -0.3 is 10.2 Å². The Morgan fingerprint density at radius 2 is 1.75 bits per heavy atom. The van der Waals surface area contributed by atoms with Gasteiger partial charge in [-0.25, -0.2) is 0 Å². The van der Waals surface area contributed by atoms with E-state index in [4.69, 9.17) is 0 Å². The Morgan fingerprint density at radius 1 is 1.25 bits per heavy atom. The van der Waals surface area contributed by atoms with Crippen LogP contribution in [0.1, 0.15) is 25.7 Å². The van der Waals surface area contributed by atoms with Crippen molar-refractivity contribution in [2.24, 2.45) is 0 Å². The molecule has 0 aliphatic heterocycles. The quantitative estimate of drug-likeness (QED) is 0.791. The minimum atomic E-state index is -4.76. The minimum absolute atomic E-state index is 0.279. The average Bonchev–Trinajstić information content (AvgIpc) is 2.26. The van der Waals surface area contributed by atoms with E-state index in [9.17, 15) is 18.0 Å². The van der Waals surface area contributed by atoms with Gasteiger partial charge in [0.25, 0.3) is 0 Å². The summed E-state index contributed by atoms with van der Waals surface area (Å²) in [6.07, 6.45) is -1.87. The predicted molar refractivity (Wildman–Crippen MR) is 53.9 cm³/mol. The van der Waals surface area contributed by atoms with Crippen molar-refractivity contribution in [1.29, 1.82) is 0 Å². The Balaban J connectivity index is 2.50. The number of hydrogen-bond donors (Lipinski definition) is 1. The first kappa shape index (κ1) is 13.3. The van der Waals surface area contributed by atoms with Crippen LogP contribution in [0, 0.1) is 0 Å². The Labute approximate surface area is 93.0 Å². The molecule has 0 aromatic heterocycles. The first-order valence-corrected chi connectivity index (χ1v) is 5.37. The van der Waals surface area contributed by atoms with Gasteiger partial charge in [-0.1, -0.05) is 0 Å². The van der Waals surface area contributed by atoms with Crippen LogP contribution in [0.15, 0.2) is 0 Å². The van der Waals surface area contributed by atoms with Gasteiger partial charge in [0.15, 0.2) is 0 Å². The van der Waals surface area contributed by atoms with Crippen LogP contribution in [0.2, 0.25) is 0 Å². The highest BCUT2D eigenvalue weighted by Gasteiger charge is 2.43. The molecule has 16 heavy (non-hydrogen) atoms. The molecule has 0 aromatic carbocycles. The van der Waals surface area contributed by atoms with Gasteiger partial charge in [0.2, 0.25) is 0 Å². The normalized spacial score (nSPS) is 26.6. The van der Waals surface area contributed by atoms with E-state index in [1.807, 2.05) is 7.05 Å². The van der Waals surface area contributed by atoms with Gasteiger partial charge in [0.05, 0.1) is 0 Å². The largest absolute Gasteiger partial charge is 0.471 e. The van der Waals surface area contributed by atoms with Crippen molar-refractivity contribution in [3.05, 3.63) is 0 Å². The van der Waals surface area contributed by atoms with E-state index < -0.39 is 12.1 Å². The van der Waals surface area contributed by atoms with E-state index in [0.29, 0.717) is 18.9 Å². The second kappa shape index (κ2) is 5.03. The fourth-order valence-corrected chi connectivity index (χ4v) is 2.12. The number of nitrogens with one attached hydrogen (secondary N) is 1. The van der Waals surface area contributed by atoms with Crippen molar-refractivity contribution in [2.45, 2.75) is 43.9 Å². The molecule has 0 atom stereocenters. The van der Waals surface area contributed by atoms with E-state index in [0.717, 1.165) is 17.7 Å². The minimum Gasteiger partial charge on any atom is -0.335 e. The van der Waals surface area contributed by atoms with E-state index in [1.165, 1.54) is 7.05 Å². The molecule has 1 aliphatic carbocycles. The smallest absolute Gasteiger partial charge is 0.335 e. The van der Waals surface area contributed by atoms with Gasteiger partial charge in [-0.2, -0.15) is 13.2 Å². The standard InChI is InChI=1S/C10H17F3N2O/c1-14-7-3-5-8(6-4-7)15(2)9(16)10(11,12)13/h7-8,14H,3-6H2,1-2H3. The van der Waals surface area contributed by atoms with Crippen LogP contribution in [-0.2, 0) is 4.79 Å². The van der Waals surface area contributed by atoms with E-state index >= 15 is 0 Å². The molecule has 0 radical (unpaired) electrons. The molecule has 0 unspecified atom stereocenters. The highest BCUT2D eigenvalue weighted by Crippen LogP contribution is 2.26. The number of halogens is 3. The summed E-state index contributed by atoms with van der Waals surface area (Å²) >= 11 is 0. The topological polar surface area (TPSA) is 32.3 Å². The molecule has 1 saturated carbocycles. The number of carbonyl (C=O) groups excluding carboxylic acids is 1. The van der Waals surface area contributed by atoms with Crippen LogP contribution < -0.4 is 5.32 Å². The van der Waals surface area contributed by atoms with E-state index in [-0.39, 0.29) is 6.04 Å². The maximum Gasteiger partial charge on any atom is 0.471 e. The first-order valence-electron chi connectivity index (χ1n) is 5.37. The fourth-order valence-electron chi connectivity index (χ4n) is 2.12. The summed E-state index contributed by atoms with van der Waals surface area (Å²) < 4.78 is 36.6. The molecule has 6 heteroatoms. The summed E-state index contributed by atoms with van der Waals surface area (Å²) in [6, 6.07) is 0.0874. The lowest BCUT2D eigenvalue weighted by atomic mass is 9.90. The summed E-state index contributed by atoms with van der Waals surface area (Å²) in [5, 5.41) is 3.10. The lowest BCUT2D eigenvalue weighted by Gasteiger charge is -2.34. The van der Waals surface area contributed by atoms with Gasteiger partial charge in [0.1, 0.15) is 0 Å². The fraction of sp³-hybridized carbons (Fsp3) is 0.900. The molecule has 1 fully saturated rings. The van der Waals surface area contributed by atoms with Gasteiger partial charge in [0, 0.05) is 19.1 Å². The van der Waals surface area contributed by atoms with E-state index in [2.05, 4.69) is 5.32 Å². The van der Waals surface area contributed by atoms with Gasteiger partial charge in [-0.05, 0) is 32.7 Å². The highest BCUT2D eigenvalue weighted by molar-refractivity contribution is 5.81. The number of rotatable bonds is 2. The molecular formula is C10H17F3N2O. The van der Waals surface area contributed by atoms with Crippen molar-refractivity contribution in [3.8, 4) is 0 Å². The van der Waals surface area contributed by atoms with Crippen molar-refractivity contribution < 1.29 is 18.0 Å². The number of alkyl halides is 3. The number of amides is 1. The Morgan fingerprint density at radius 3 is 2.12 bits per heavy atom. The number of hydrogen-bond acceptors (Lipinski definition) is 2. The van der Waals surface area contributed by atoms with Gasteiger partial charge >= 0.3 is 12.1 Å². The number of nitrogens with zero attached hydrogens (tertiary/aromatic N) is 1. The van der Waals surface area contributed by atoms with Crippen LogP contribution in [-0.4, -0.2) is 43.2 Å². The lowest BCUT2D eigenvalue weighted by Crippen LogP contribution is -2.47. The van der Waals surface area contributed by atoms with Crippen LogP contribution in [0.4, 0.5) is 13.2 Å². The summed E-state index contributed by atoms with van der Waals surface area (Å²) in [7, 11) is 3.08. The molecule has 0 aromatic rings. The number of carbonyl (C=O) groups is 1. The van der Waals surface area contributed by atoms with E-state index in [1.54, 1.807) is 0 Å². The Bertz CT molecular complexity index is 247. The van der Waals surface area contributed by atoms with Crippen LogP contribution >= 0.6 is 0 Å². The molecule has 1 rings (SSSR count). The highest BCUT2D eigenvalue weighted by atomic mass is 19.4. The van der Waals surface area contributed by atoms with Crippen molar-refractivity contribution in [3.63, 3.8) is 0 Å². The zero-order valence-electron chi connectivity index (χ0n) is 9.47. The summed E-state index contributed by atoms with van der Waals surface area (Å²) in [6.45, 7) is 0. The second-order valence-corrected chi connectivity index (χ2v) is 4.21. The lowest BCUT2D eigenvalue weighted by molar-refractivity contribution is -0.186. The molecule has 0 bridgehead atoms. The molecule has 0 spiro atoms. The third kappa shape index (κ3) is 3.10. The van der Waals surface area contributed by atoms with Crippen LogP contribution in [0.5, 0.6) is 0 Å². The molecule has 94 valence electrons. The zero-order chi connectivity index (χ0) is 12.3. The molecule has 3 nitrogen and oxygen atoms in total. The van der Waals surface area contributed by atoms with Gasteiger partial charge in [-0.15, -0.1) is 0 Å². The van der Waals surface area contributed by atoms with Crippen molar-refractivity contribution in [2.75, 3.05) is 14.1 Å². The summed E-state index contributed by atoms with van der Waals surface area (Å²) in [5.74, 6) is -1.74. The SMILES string of the molecule is CNC1CCC(N(C)C(=O)C(F)(F)F)CC1. The first-order chi connectivity index (χ1) is 7.36. The molecule has 0 saturated heterocycles. The maximum atomic E-state index is 12.2. The molecule has 1 N–H and O–H groups in total. The van der Waals surface area contributed by atoms with Crippen LogP contribution in [0.3, 0.4) is 0 Å². The molecule has 1 amide bonds. The van der Waals surface area contributed by atoms with Crippen molar-refractivity contribution in [1.82, 2.24) is 10.2 Å². The molecule has 1 aliphatic rings. The summed E-state index contributed by atoms with van der Waals surface area (Å²) in [4.78, 5) is 11.8. The third-order valence-electron chi connectivity index (χ3n) is 3.22.